The highest BCUT2D eigenvalue weighted by molar-refractivity contribution is 6.03. The number of benzene rings is 2. The van der Waals surface area contributed by atoms with Crippen molar-refractivity contribution in [1.82, 2.24) is 0 Å². The molecule has 0 aromatic heterocycles. The highest BCUT2D eigenvalue weighted by atomic mass is 16.5. The van der Waals surface area contributed by atoms with Gasteiger partial charge in [-0.15, -0.1) is 0 Å². The van der Waals surface area contributed by atoms with E-state index in [1.807, 2.05) is 48.5 Å². The summed E-state index contributed by atoms with van der Waals surface area (Å²) in [6.45, 7) is 5.88. The zero-order valence-corrected chi connectivity index (χ0v) is 15.4. The van der Waals surface area contributed by atoms with Crippen molar-refractivity contribution in [1.29, 1.82) is 0 Å². The molecule has 0 saturated carbocycles. The Balaban J connectivity index is 1.67. The number of nitrogens with one attached hydrogen (secondary N) is 1. The largest absolute Gasteiger partial charge is 0.476 e. The van der Waals surface area contributed by atoms with Crippen LogP contribution in [0.1, 0.15) is 32.8 Å². The minimum atomic E-state index is -0.944. The average molecular weight is 352 g/mol. The molecule has 2 amide bonds. The molecule has 0 saturated heterocycles. The molecule has 0 spiro atoms. The molecule has 5 nitrogen and oxygen atoms in total. The Hall–Kier alpha value is -2.82. The third-order valence-electron chi connectivity index (χ3n) is 4.49. The first-order valence-corrected chi connectivity index (χ1v) is 8.89. The van der Waals surface area contributed by atoms with Crippen LogP contribution in [0.5, 0.6) is 5.75 Å². The molecule has 26 heavy (non-hydrogen) atoms. The van der Waals surface area contributed by atoms with Gasteiger partial charge >= 0.3 is 0 Å². The van der Waals surface area contributed by atoms with Gasteiger partial charge in [0.1, 0.15) is 5.75 Å². The van der Waals surface area contributed by atoms with Crippen molar-refractivity contribution >= 4 is 23.2 Å². The number of ether oxygens (including phenoxy) is 1. The molecule has 0 atom stereocenters. The van der Waals surface area contributed by atoms with Crippen LogP contribution >= 0.6 is 0 Å². The maximum Gasteiger partial charge on any atom is 0.270 e. The lowest BCUT2D eigenvalue weighted by Gasteiger charge is -2.38. The molecule has 1 heterocycles. The second-order valence-electron chi connectivity index (χ2n) is 6.89. The maximum atomic E-state index is 12.7. The smallest absolute Gasteiger partial charge is 0.270 e. The third-order valence-corrected chi connectivity index (χ3v) is 4.49. The summed E-state index contributed by atoms with van der Waals surface area (Å²) in [6.07, 6.45) is 1.17. The average Bonchev–Trinajstić information content (AvgIpc) is 2.62. The zero-order valence-electron chi connectivity index (χ0n) is 15.4. The molecule has 2 aromatic carbocycles. The summed E-state index contributed by atoms with van der Waals surface area (Å²) in [7, 11) is 0. The minimum Gasteiger partial charge on any atom is -0.476 e. The number of nitrogens with zero attached hydrogens (tertiary/aromatic N) is 1. The Morgan fingerprint density at radius 3 is 2.50 bits per heavy atom. The zero-order chi connectivity index (χ0) is 18.7. The molecular weight excluding hydrogens is 328 g/mol. The molecule has 0 aliphatic carbocycles. The van der Waals surface area contributed by atoms with Crippen molar-refractivity contribution in [3.05, 3.63) is 54.1 Å². The summed E-state index contributed by atoms with van der Waals surface area (Å²) in [6, 6.07) is 15.2. The van der Waals surface area contributed by atoms with Gasteiger partial charge in [0.05, 0.1) is 5.69 Å². The van der Waals surface area contributed by atoms with E-state index in [0.29, 0.717) is 18.0 Å². The van der Waals surface area contributed by atoms with Gasteiger partial charge in [-0.05, 0) is 50.1 Å². The SMILES string of the molecule is CCc1ccc(NC(=O)CCN2C(=O)C(C)(C)Oc3ccccc32)cc1. The molecule has 5 heteroatoms. The summed E-state index contributed by atoms with van der Waals surface area (Å²) in [5.41, 5.74) is 1.75. The molecule has 1 aliphatic heterocycles. The van der Waals surface area contributed by atoms with Gasteiger partial charge in [0.15, 0.2) is 5.60 Å². The number of rotatable bonds is 5. The minimum absolute atomic E-state index is 0.121. The predicted octanol–water partition coefficient (Wildman–Crippen LogP) is 3.78. The first-order chi connectivity index (χ1) is 12.4. The number of hydrogen-bond acceptors (Lipinski definition) is 3. The standard InChI is InChI=1S/C21H24N2O3/c1-4-15-9-11-16(12-10-15)22-19(24)13-14-23-17-7-5-6-8-18(17)26-21(2,3)20(23)25/h5-12H,4,13-14H2,1-3H3,(H,22,24). The van der Waals surface area contributed by atoms with Crippen LogP contribution in [0.3, 0.4) is 0 Å². The predicted molar refractivity (Wildman–Crippen MR) is 103 cm³/mol. The Bertz CT molecular complexity index is 812. The quantitative estimate of drug-likeness (QED) is 0.891. The van der Waals surface area contributed by atoms with Crippen molar-refractivity contribution in [2.75, 3.05) is 16.8 Å². The summed E-state index contributed by atoms with van der Waals surface area (Å²) >= 11 is 0. The van der Waals surface area contributed by atoms with Crippen LogP contribution in [-0.2, 0) is 16.0 Å². The number of carbonyl (C=O) groups excluding carboxylic acids is 2. The normalized spacial score (nSPS) is 15.2. The number of amides is 2. The first kappa shape index (κ1) is 18.0. The lowest BCUT2D eigenvalue weighted by Crippen LogP contribution is -2.53. The van der Waals surface area contributed by atoms with E-state index in [4.69, 9.17) is 4.74 Å². The molecule has 3 rings (SSSR count). The summed E-state index contributed by atoms with van der Waals surface area (Å²) in [4.78, 5) is 26.7. The van der Waals surface area contributed by atoms with Gasteiger partial charge in [-0.3, -0.25) is 9.59 Å². The molecule has 0 radical (unpaired) electrons. The van der Waals surface area contributed by atoms with Crippen molar-refractivity contribution in [3.8, 4) is 5.75 Å². The lowest BCUT2D eigenvalue weighted by molar-refractivity contribution is -0.132. The lowest BCUT2D eigenvalue weighted by atomic mass is 10.0. The van der Waals surface area contributed by atoms with Gasteiger partial charge in [-0.1, -0.05) is 31.2 Å². The molecule has 0 bridgehead atoms. The van der Waals surface area contributed by atoms with Gasteiger partial charge in [-0.2, -0.15) is 0 Å². The van der Waals surface area contributed by atoms with Crippen molar-refractivity contribution in [2.45, 2.75) is 39.2 Å². The number of para-hydroxylation sites is 2. The van der Waals surface area contributed by atoms with Crippen molar-refractivity contribution in [3.63, 3.8) is 0 Å². The summed E-state index contributed by atoms with van der Waals surface area (Å²) in [5.74, 6) is 0.396. The van der Waals surface area contributed by atoms with E-state index in [9.17, 15) is 9.59 Å². The van der Waals surface area contributed by atoms with Crippen LogP contribution in [0.25, 0.3) is 0 Å². The Morgan fingerprint density at radius 2 is 1.81 bits per heavy atom. The number of carbonyl (C=O) groups is 2. The Kier molecular flexibility index (Phi) is 4.98. The van der Waals surface area contributed by atoms with Gasteiger partial charge in [0.2, 0.25) is 5.91 Å². The molecule has 1 aliphatic rings. The van der Waals surface area contributed by atoms with E-state index in [0.717, 1.165) is 12.1 Å². The van der Waals surface area contributed by atoms with Crippen LogP contribution in [-0.4, -0.2) is 24.0 Å². The van der Waals surface area contributed by atoms with Crippen LogP contribution in [0.15, 0.2) is 48.5 Å². The van der Waals surface area contributed by atoms with Gasteiger partial charge in [0, 0.05) is 18.7 Å². The summed E-state index contributed by atoms with van der Waals surface area (Å²) in [5, 5.41) is 2.88. The Morgan fingerprint density at radius 1 is 1.12 bits per heavy atom. The fourth-order valence-corrected chi connectivity index (χ4v) is 3.00. The van der Waals surface area contributed by atoms with E-state index >= 15 is 0 Å². The van der Waals surface area contributed by atoms with E-state index in [1.165, 1.54) is 5.56 Å². The summed E-state index contributed by atoms with van der Waals surface area (Å²) < 4.78 is 5.79. The fourth-order valence-electron chi connectivity index (χ4n) is 3.00. The molecule has 0 unspecified atom stereocenters. The molecule has 2 aromatic rings. The van der Waals surface area contributed by atoms with Gasteiger partial charge in [0.25, 0.3) is 5.91 Å². The number of hydrogen-bond donors (Lipinski definition) is 1. The van der Waals surface area contributed by atoms with Crippen molar-refractivity contribution in [2.24, 2.45) is 0 Å². The van der Waals surface area contributed by atoms with Crippen LogP contribution in [0.4, 0.5) is 11.4 Å². The molecule has 136 valence electrons. The highest BCUT2D eigenvalue weighted by Crippen LogP contribution is 2.37. The fraction of sp³-hybridized carbons (Fsp3) is 0.333. The molecule has 0 fully saturated rings. The van der Waals surface area contributed by atoms with Crippen molar-refractivity contribution < 1.29 is 14.3 Å². The van der Waals surface area contributed by atoms with Gasteiger partial charge < -0.3 is 15.0 Å². The first-order valence-electron chi connectivity index (χ1n) is 8.89. The molecular formula is C21H24N2O3. The highest BCUT2D eigenvalue weighted by Gasteiger charge is 2.40. The van der Waals surface area contributed by atoms with Gasteiger partial charge in [-0.25, -0.2) is 0 Å². The second-order valence-corrected chi connectivity index (χ2v) is 6.89. The van der Waals surface area contributed by atoms with E-state index in [-0.39, 0.29) is 18.2 Å². The van der Waals surface area contributed by atoms with Crippen LogP contribution < -0.4 is 15.0 Å². The van der Waals surface area contributed by atoms with E-state index in [1.54, 1.807) is 18.7 Å². The number of anilines is 2. The maximum absolute atomic E-state index is 12.7. The monoisotopic (exact) mass is 352 g/mol. The second kappa shape index (κ2) is 7.20. The topological polar surface area (TPSA) is 58.6 Å². The van der Waals surface area contributed by atoms with E-state index in [2.05, 4.69) is 12.2 Å². The number of aryl methyl sites for hydroxylation is 1. The van der Waals surface area contributed by atoms with Crippen LogP contribution in [0.2, 0.25) is 0 Å². The Labute approximate surface area is 154 Å². The molecule has 1 N–H and O–H groups in total. The number of fused-ring (bicyclic) bond motifs is 1. The van der Waals surface area contributed by atoms with E-state index < -0.39 is 5.60 Å². The third kappa shape index (κ3) is 3.72. The van der Waals surface area contributed by atoms with Crippen LogP contribution in [0, 0.1) is 0 Å².